The van der Waals surface area contributed by atoms with E-state index >= 15 is 0 Å². The van der Waals surface area contributed by atoms with E-state index in [4.69, 9.17) is 16.6 Å². The summed E-state index contributed by atoms with van der Waals surface area (Å²) in [7, 11) is 2.18. The fourth-order valence-electron chi connectivity index (χ4n) is 5.60. The second-order valence-corrected chi connectivity index (χ2v) is 11.3. The van der Waals surface area contributed by atoms with Crippen LogP contribution in [0.1, 0.15) is 64.9 Å². The maximum absolute atomic E-state index is 13.1. The molecule has 9 heteroatoms. The number of hydrogen-bond donors (Lipinski definition) is 1. The molecule has 1 N–H and O–H groups in total. The summed E-state index contributed by atoms with van der Waals surface area (Å²) in [6.45, 7) is 7.05. The molecule has 1 saturated heterocycles. The minimum Gasteiger partial charge on any atom is -0.328 e. The summed E-state index contributed by atoms with van der Waals surface area (Å²) in [4.78, 5) is 33.4. The van der Waals surface area contributed by atoms with Crippen molar-refractivity contribution >= 4 is 40.6 Å². The Morgan fingerprint density at radius 2 is 1.97 bits per heavy atom. The molecule has 3 aromatic heterocycles. The summed E-state index contributed by atoms with van der Waals surface area (Å²) < 4.78 is 0. The van der Waals surface area contributed by atoms with Crippen molar-refractivity contribution in [1.29, 1.82) is 0 Å². The quantitative estimate of drug-likeness (QED) is 0.485. The molecule has 0 unspecified atom stereocenters. The van der Waals surface area contributed by atoms with Crippen LogP contribution in [0.25, 0.3) is 10.6 Å². The van der Waals surface area contributed by atoms with Gasteiger partial charge in [0.15, 0.2) is 0 Å². The molecule has 3 aliphatic rings. The van der Waals surface area contributed by atoms with E-state index in [0.29, 0.717) is 28.4 Å². The number of carbonyl (C=O) groups is 1. The fraction of sp³-hybridized carbons (Fsp3) is 0.462. The van der Waals surface area contributed by atoms with Crippen molar-refractivity contribution in [3.8, 4) is 10.6 Å². The van der Waals surface area contributed by atoms with E-state index < -0.39 is 0 Å². The lowest BCUT2D eigenvalue weighted by Crippen LogP contribution is -2.33. The van der Waals surface area contributed by atoms with Gasteiger partial charge >= 0.3 is 0 Å². The molecule has 0 bridgehead atoms. The van der Waals surface area contributed by atoms with Crippen LogP contribution in [0.5, 0.6) is 0 Å². The van der Waals surface area contributed by atoms with Crippen LogP contribution in [0.3, 0.4) is 0 Å². The van der Waals surface area contributed by atoms with Crippen LogP contribution >= 0.6 is 22.9 Å². The van der Waals surface area contributed by atoms with Crippen LogP contribution in [0.2, 0.25) is 5.02 Å². The molecular weight excluding hydrogens is 480 g/mol. The van der Waals surface area contributed by atoms with Crippen molar-refractivity contribution in [2.75, 3.05) is 32.0 Å². The zero-order valence-corrected chi connectivity index (χ0v) is 21.8. The molecule has 0 radical (unpaired) electrons. The molecule has 3 aromatic rings. The van der Waals surface area contributed by atoms with Crippen molar-refractivity contribution in [2.45, 2.75) is 51.0 Å². The van der Waals surface area contributed by atoms with Crippen LogP contribution in [0.4, 0.5) is 11.8 Å². The molecule has 5 heterocycles. The highest BCUT2D eigenvalue weighted by Gasteiger charge is 2.59. The van der Waals surface area contributed by atoms with E-state index in [0.717, 1.165) is 48.5 Å². The van der Waals surface area contributed by atoms with E-state index in [1.807, 2.05) is 24.1 Å². The standard InChI is InChI=1S/C26H29ClN6OS/c1-4-33-24(34)20-15(2)22(35-23(20)26(33)9-10-26)21-18(27)14-29-25(31-21)30-19-6-5-17(13-28-19)16-7-11-32(3)12-8-16/h5-6,13-14,16H,4,7-12H2,1-3H3,(H,28,29,30,31). The predicted molar refractivity (Wildman–Crippen MR) is 140 cm³/mol. The molecule has 1 saturated carbocycles. The zero-order chi connectivity index (χ0) is 24.3. The number of hydrogen-bond acceptors (Lipinski definition) is 7. The smallest absolute Gasteiger partial charge is 0.256 e. The Labute approximate surface area is 214 Å². The largest absolute Gasteiger partial charge is 0.328 e. The lowest BCUT2D eigenvalue weighted by Gasteiger charge is -2.29. The summed E-state index contributed by atoms with van der Waals surface area (Å²) in [6.07, 6.45) is 7.97. The number of anilines is 2. The van der Waals surface area contributed by atoms with Gasteiger partial charge in [-0.25, -0.2) is 15.0 Å². The lowest BCUT2D eigenvalue weighted by molar-refractivity contribution is 0.0714. The molecule has 2 aliphatic heterocycles. The number of carbonyl (C=O) groups excluding carboxylic acids is 1. The van der Waals surface area contributed by atoms with Crippen molar-refractivity contribution in [3.63, 3.8) is 0 Å². The number of fused-ring (bicyclic) bond motifs is 2. The number of aromatic nitrogens is 3. The van der Waals surface area contributed by atoms with Crippen LogP contribution < -0.4 is 5.32 Å². The summed E-state index contributed by atoms with van der Waals surface area (Å²) in [5.74, 6) is 1.85. The first kappa shape index (κ1) is 22.9. The van der Waals surface area contributed by atoms with Gasteiger partial charge in [-0.15, -0.1) is 11.3 Å². The molecule has 35 heavy (non-hydrogen) atoms. The number of amides is 1. The van der Waals surface area contributed by atoms with Crippen LogP contribution in [0.15, 0.2) is 24.5 Å². The lowest BCUT2D eigenvalue weighted by atomic mass is 9.91. The molecule has 7 nitrogen and oxygen atoms in total. The summed E-state index contributed by atoms with van der Waals surface area (Å²) in [6, 6.07) is 4.14. The SMILES string of the molecule is CCN1C(=O)c2c(sc(-c3nc(Nc4ccc(C5CCN(C)CC5)cn4)ncc3Cl)c2C)C12CC2. The van der Waals surface area contributed by atoms with Gasteiger partial charge in [-0.05, 0) is 82.8 Å². The number of piperidine rings is 1. The van der Waals surface area contributed by atoms with Crippen LogP contribution in [-0.4, -0.2) is 57.3 Å². The van der Waals surface area contributed by atoms with Crippen molar-refractivity contribution < 1.29 is 4.79 Å². The van der Waals surface area contributed by atoms with Gasteiger partial charge in [0, 0.05) is 17.6 Å². The molecular formula is C26H29ClN6OS. The highest BCUT2D eigenvalue weighted by Crippen LogP contribution is 2.61. The van der Waals surface area contributed by atoms with E-state index in [1.54, 1.807) is 17.5 Å². The number of thiophene rings is 1. The molecule has 1 aliphatic carbocycles. The van der Waals surface area contributed by atoms with E-state index in [2.05, 4.69) is 40.2 Å². The maximum atomic E-state index is 13.1. The van der Waals surface area contributed by atoms with Crippen molar-refractivity contribution in [2.24, 2.45) is 0 Å². The summed E-state index contributed by atoms with van der Waals surface area (Å²) >= 11 is 8.22. The first-order valence-electron chi connectivity index (χ1n) is 12.3. The van der Waals surface area contributed by atoms with Crippen molar-refractivity contribution in [1.82, 2.24) is 24.8 Å². The predicted octanol–water partition coefficient (Wildman–Crippen LogP) is 5.58. The number of pyridine rings is 1. The van der Waals surface area contributed by atoms with Gasteiger partial charge in [-0.2, -0.15) is 0 Å². The number of nitrogens with zero attached hydrogens (tertiary/aromatic N) is 5. The number of halogens is 1. The van der Waals surface area contributed by atoms with Gasteiger partial charge in [-0.3, -0.25) is 4.79 Å². The Balaban J connectivity index is 1.26. The van der Waals surface area contributed by atoms with Crippen LogP contribution in [-0.2, 0) is 5.54 Å². The average Bonchev–Trinajstić information content (AvgIpc) is 3.52. The molecule has 6 rings (SSSR count). The molecule has 0 aromatic carbocycles. The average molecular weight is 509 g/mol. The topological polar surface area (TPSA) is 74.2 Å². The van der Waals surface area contributed by atoms with Gasteiger partial charge in [0.1, 0.15) is 11.5 Å². The number of rotatable bonds is 5. The highest BCUT2D eigenvalue weighted by molar-refractivity contribution is 7.16. The van der Waals surface area contributed by atoms with Crippen molar-refractivity contribution in [3.05, 3.63) is 51.1 Å². The van der Waals surface area contributed by atoms with Gasteiger partial charge < -0.3 is 15.1 Å². The Kier molecular flexibility index (Phi) is 5.58. The Morgan fingerprint density at radius 1 is 1.20 bits per heavy atom. The zero-order valence-electron chi connectivity index (χ0n) is 20.3. The van der Waals surface area contributed by atoms with E-state index in [1.165, 1.54) is 23.3 Å². The first-order valence-corrected chi connectivity index (χ1v) is 13.5. The Hall–Kier alpha value is -2.55. The second kappa shape index (κ2) is 8.54. The molecule has 182 valence electrons. The second-order valence-electron chi connectivity index (χ2n) is 9.91. The summed E-state index contributed by atoms with van der Waals surface area (Å²) in [5, 5.41) is 3.71. The molecule has 0 atom stereocenters. The fourth-order valence-corrected chi connectivity index (χ4v) is 7.40. The monoisotopic (exact) mass is 508 g/mol. The Morgan fingerprint density at radius 3 is 2.63 bits per heavy atom. The minimum atomic E-state index is -0.102. The van der Waals surface area contributed by atoms with Gasteiger partial charge in [0.25, 0.3) is 5.91 Å². The first-order chi connectivity index (χ1) is 16.9. The van der Waals surface area contributed by atoms with Gasteiger partial charge in [0.2, 0.25) is 5.95 Å². The van der Waals surface area contributed by atoms with Crippen LogP contribution in [0, 0.1) is 6.92 Å². The number of nitrogens with one attached hydrogen (secondary N) is 1. The summed E-state index contributed by atoms with van der Waals surface area (Å²) in [5.41, 5.74) is 3.65. The van der Waals surface area contributed by atoms with Gasteiger partial charge in [-0.1, -0.05) is 17.7 Å². The molecule has 1 amide bonds. The third kappa shape index (κ3) is 3.74. The normalized spacial score (nSPS) is 19.4. The van der Waals surface area contributed by atoms with E-state index in [9.17, 15) is 4.79 Å². The molecule has 2 fully saturated rings. The third-order valence-electron chi connectivity index (χ3n) is 7.76. The minimum absolute atomic E-state index is 0.102. The highest BCUT2D eigenvalue weighted by atomic mass is 35.5. The van der Waals surface area contributed by atoms with E-state index in [-0.39, 0.29) is 11.4 Å². The van der Waals surface area contributed by atoms with Gasteiger partial charge in [0.05, 0.1) is 27.2 Å². The Bertz CT molecular complexity index is 1290. The number of likely N-dealkylation sites (tertiary alicyclic amines) is 1. The third-order valence-corrected chi connectivity index (χ3v) is 9.53. The molecule has 1 spiro atoms. The maximum Gasteiger partial charge on any atom is 0.256 e.